The normalized spacial score (nSPS) is 11.5. The van der Waals surface area contributed by atoms with Crippen LogP contribution in [0.15, 0.2) is 18.3 Å². The molecule has 8 heteroatoms. The number of rotatable bonds is 3. The lowest BCUT2D eigenvalue weighted by molar-refractivity contribution is -0.141. The standard InChI is InChI=1S/C13H12F3N3O2/c1-3-21-12(20)10-7(2)18-11(19-10)8-4-5-9(17-6-8)13(14,15)16/h4-6H,3H2,1-2H3,(H,18,19). The van der Waals surface area contributed by atoms with Gasteiger partial charge < -0.3 is 9.72 Å². The van der Waals surface area contributed by atoms with Crippen molar-refractivity contribution in [2.75, 3.05) is 6.61 Å². The number of nitrogens with zero attached hydrogens (tertiary/aromatic N) is 2. The first-order valence-corrected chi connectivity index (χ1v) is 6.10. The van der Waals surface area contributed by atoms with Crippen LogP contribution >= 0.6 is 0 Å². The Morgan fingerprint density at radius 2 is 2.10 bits per heavy atom. The van der Waals surface area contributed by atoms with E-state index in [4.69, 9.17) is 4.74 Å². The number of pyridine rings is 1. The molecule has 0 radical (unpaired) electrons. The van der Waals surface area contributed by atoms with E-state index in [2.05, 4.69) is 15.0 Å². The van der Waals surface area contributed by atoms with Crippen LogP contribution in [-0.2, 0) is 10.9 Å². The van der Waals surface area contributed by atoms with E-state index >= 15 is 0 Å². The molecule has 0 aliphatic carbocycles. The molecule has 2 rings (SSSR count). The Bertz CT molecular complexity index is 648. The molecule has 2 aromatic heterocycles. The van der Waals surface area contributed by atoms with Crippen LogP contribution in [0.1, 0.15) is 28.8 Å². The maximum Gasteiger partial charge on any atom is 0.433 e. The van der Waals surface area contributed by atoms with Crippen molar-refractivity contribution in [3.8, 4) is 11.4 Å². The Labute approximate surface area is 118 Å². The lowest BCUT2D eigenvalue weighted by Gasteiger charge is -2.05. The summed E-state index contributed by atoms with van der Waals surface area (Å²) in [6, 6.07) is 2.10. The maximum atomic E-state index is 12.4. The van der Waals surface area contributed by atoms with Crippen LogP contribution in [0.3, 0.4) is 0 Å². The number of ether oxygens (including phenoxy) is 1. The highest BCUT2D eigenvalue weighted by Crippen LogP contribution is 2.28. The molecule has 0 aromatic carbocycles. The molecule has 112 valence electrons. The highest BCUT2D eigenvalue weighted by molar-refractivity contribution is 5.89. The number of hydrogen-bond acceptors (Lipinski definition) is 4. The molecule has 0 aliphatic heterocycles. The molecular formula is C13H12F3N3O2. The SMILES string of the molecule is CCOC(=O)c1nc(-c2ccc(C(F)(F)F)nc2)[nH]c1C. The van der Waals surface area contributed by atoms with E-state index in [-0.39, 0.29) is 18.1 Å². The molecule has 2 aromatic rings. The predicted molar refractivity (Wildman–Crippen MR) is 67.5 cm³/mol. The third-order valence-corrected chi connectivity index (χ3v) is 2.68. The van der Waals surface area contributed by atoms with Crippen LogP contribution in [0.4, 0.5) is 13.2 Å². The number of nitrogens with one attached hydrogen (secondary N) is 1. The summed E-state index contributed by atoms with van der Waals surface area (Å²) in [5.41, 5.74) is -0.0584. The largest absolute Gasteiger partial charge is 0.461 e. The quantitative estimate of drug-likeness (QED) is 0.885. The molecule has 0 saturated carbocycles. The first-order valence-electron chi connectivity index (χ1n) is 6.10. The van der Waals surface area contributed by atoms with Crippen LogP contribution in [0.5, 0.6) is 0 Å². The van der Waals surface area contributed by atoms with Crippen LogP contribution in [0, 0.1) is 6.92 Å². The van der Waals surface area contributed by atoms with Gasteiger partial charge in [-0.3, -0.25) is 4.98 Å². The fraction of sp³-hybridized carbons (Fsp3) is 0.308. The summed E-state index contributed by atoms with van der Waals surface area (Å²) in [5.74, 6) is -0.325. The van der Waals surface area contributed by atoms with Gasteiger partial charge in [0.15, 0.2) is 5.69 Å². The zero-order valence-corrected chi connectivity index (χ0v) is 11.3. The lowest BCUT2D eigenvalue weighted by atomic mass is 10.2. The third-order valence-electron chi connectivity index (χ3n) is 2.68. The number of aromatic nitrogens is 3. The van der Waals surface area contributed by atoms with E-state index in [1.165, 1.54) is 6.07 Å². The molecule has 0 fully saturated rings. The molecule has 0 atom stereocenters. The second-order valence-electron chi connectivity index (χ2n) is 4.21. The Hall–Kier alpha value is -2.38. The summed E-state index contributed by atoms with van der Waals surface area (Å²) in [6.45, 7) is 3.50. The molecule has 5 nitrogen and oxygen atoms in total. The minimum Gasteiger partial charge on any atom is -0.461 e. The predicted octanol–water partition coefficient (Wildman–Crippen LogP) is 2.98. The minimum absolute atomic E-state index is 0.103. The van der Waals surface area contributed by atoms with E-state index in [9.17, 15) is 18.0 Å². The fourth-order valence-corrected chi connectivity index (χ4v) is 1.70. The monoisotopic (exact) mass is 299 g/mol. The Morgan fingerprint density at radius 1 is 1.38 bits per heavy atom. The second-order valence-corrected chi connectivity index (χ2v) is 4.21. The number of aryl methyl sites for hydroxylation is 1. The number of imidazole rings is 1. The van der Waals surface area contributed by atoms with Crippen molar-refractivity contribution in [2.24, 2.45) is 0 Å². The summed E-state index contributed by atoms with van der Waals surface area (Å²) < 4.78 is 42.1. The average Bonchev–Trinajstić information content (AvgIpc) is 2.80. The Morgan fingerprint density at radius 3 is 2.62 bits per heavy atom. The van der Waals surface area contributed by atoms with Gasteiger partial charge in [-0.1, -0.05) is 0 Å². The molecule has 0 spiro atoms. The van der Waals surface area contributed by atoms with Crippen molar-refractivity contribution in [1.29, 1.82) is 0 Å². The Balaban J connectivity index is 2.31. The summed E-state index contributed by atoms with van der Waals surface area (Å²) in [4.78, 5) is 21.8. The number of hydrogen-bond donors (Lipinski definition) is 1. The van der Waals surface area contributed by atoms with Crippen molar-refractivity contribution in [1.82, 2.24) is 15.0 Å². The third kappa shape index (κ3) is 3.21. The zero-order valence-electron chi connectivity index (χ0n) is 11.3. The first kappa shape index (κ1) is 15.0. The molecule has 1 N–H and O–H groups in total. The van der Waals surface area contributed by atoms with Gasteiger partial charge in [-0.05, 0) is 26.0 Å². The van der Waals surface area contributed by atoms with E-state index in [1.807, 2.05) is 0 Å². The Kier molecular flexibility index (Phi) is 3.97. The van der Waals surface area contributed by atoms with E-state index in [1.54, 1.807) is 13.8 Å². The van der Waals surface area contributed by atoms with Crippen LogP contribution in [-0.4, -0.2) is 27.5 Å². The maximum absolute atomic E-state index is 12.4. The molecule has 21 heavy (non-hydrogen) atoms. The second kappa shape index (κ2) is 5.55. The molecule has 0 bridgehead atoms. The van der Waals surface area contributed by atoms with Crippen molar-refractivity contribution >= 4 is 5.97 Å². The van der Waals surface area contributed by atoms with Gasteiger partial charge in [-0.2, -0.15) is 13.2 Å². The topological polar surface area (TPSA) is 67.9 Å². The van der Waals surface area contributed by atoms with Gasteiger partial charge in [0.05, 0.1) is 6.61 Å². The summed E-state index contributed by atoms with van der Waals surface area (Å²) in [7, 11) is 0. The molecule has 0 saturated heterocycles. The van der Waals surface area contributed by atoms with Crippen molar-refractivity contribution in [2.45, 2.75) is 20.0 Å². The highest BCUT2D eigenvalue weighted by atomic mass is 19.4. The molecule has 0 amide bonds. The van der Waals surface area contributed by atoms with Gasteiger partial charge in [0.1, 0.15) is 11.5 Å². The number of H-pyrrole nitrogens is 1. The molecule has 2 heterocycles. The number of esters is 1. The summed E-state index contributed by atoms with van der Waals surface area (Å²) >= 11 is 0. The molecule has 0 aliphatic rings. The zero-order chi connectivity index (χ0) is 15.6. The highest BCUT2D eigenvalue weighted by Gasteiger charge is 2.32. The first-order chi connectivity index (χ1) is 9.82. The van der Waals surface area contributed by atoms with Crippen molar-refractivity contribution < 1.29 is 22.7 Å². The molecule has 0 unspecified atom stereocenters. The lowest BCUT2D eigenvalue weighted by Crippen LogP contribution is -2.07. The number of aromatic amines is 1. The number of carbonyl (C=O) groups excluding carboxylic acids is 1. The number of halogens is 3. The smallest absolute Gasteiger partial charge is 0.433 e. The van der Waals surface area contributed by atoms with E-state index in [0.717, 1.165) is 12.3 Å². The van der Waals surface area contributed by atoms with Crippen LogP contribution < -0.4 is 0 Å². The molecular weight excluding hydrogens is 287 g/mol. The fourth-order valence-electron chi connectivity index (χ4n) is 1.70. The number of carbonyl (C=O) groups is 1. The van der Waals surface area contributed by atoms with Gasteiger partial charge in [-0.25, -0.2) is 9.78 Å². The average molecular weight is 299 g/mol. The van der Waals surface area contributed by atoms with Crippen LogP contribution in [0.2, 0.25) is 0 Å². The van der Waals surface area contributed by atoms with E-state index < -0.39 is 17.8 Å². The van der Waals surface area contributed by atoms with Crippen molar-refractivity contribution in [3.05, 3.63) is 35.4 Å². The van der Waals surface area contributed by atoms with Crippen LogP contribution in [0.25, 0.3) is 11.4 Å². The van der Waals surface area contributed by atoms with E-state index in [0.29, 0.717) is 11.3 Å². The minimum atomic E-state index is -4.49. The summed E-state index contributed by atoms with van der Waals surface area (Å²) in [6.07, 6.45) is -3.44. The number of alkyl halides is 3. The van der Waals surface area contributed by atoms with Gasteiger partial charge in [0, 0.05) is 17.5 Å². The van der Waals surface area contributed by atoms with Gasteiger partial charge >= 0.3 is 12.1 Å². The van der Waals surface area contributed by atoms with Gasteiger partial charge in [0.25, 0.3) is 0 Å². The van der Waals surface area contributed by atoms with Gasteiger partial charge in [0.2, 0.25) is 0 Å². The summed E-state index contributed by atoms with van der Waals surface area (Å²) in [5, 5.41) is 0. The van der Waals surface area contributed by atoms with Crippen molar-refractivity contribution in [3.63, 3.8) is 0 Å². The van der Waals surface area contributed by atoms with Gasteiger partial charge in [-0.15, -0.1) is 0 Å².